The Kier molecular flexibility index (Phi) is 2.40. The first-order valence-electron chi connectivity index (χ1n) is 6.31. The van der Waals surface area contributed by atoms with Crippen LogP contribution in [0.15, 0.2) is 28.8 Å². The van der Waals surface area contributed by atoms with Crippen LogP contribution in [-0.4, -0.2) is 21.2 Å². The fraction of sp³-hybridized carbons (Fsp3) is 0.214. The minimum Gasteiger partial charge on any atom is -0.476 e. The van der Waals surface area contributed by atoms with Gasteiger partial charge < -0.3 is 9.63 Å². The summed E-state index contributed by atoms with van der Waals surface area (Å²) in [7, 11) is 0. The lowest BCUT2D eigenvalue weighted by atomic mass is 10.1. The van der Waals surface area contributed by atoms with Gasteiger partial charge in [0.05, 0.1) is 15.2 Å². The average Bonchev–Trinajstić information content (AvgIpc) is 3.02. The molecule has 20 heavy (non-hydrogen) atoms. The second kappa shape index (κ2) is 4.14. The number of fused-ring (bicyclic) bond motifs is 1. The molecule has 0 bridgehead atoms. The number of benzene rings is 1. The fourth-order valence-corrected chi connectivity index (χ4v) is 3.29. The number of carbonyl (C=O) groups is 1. The lowest BCUT2D eigenvalue weighted by molar-refractivity contribution is 0.0686. The maximum atomic E-state index is 10.8. The highest BCUT2D eigenvalue weighted by atomic mass is 32.1. The summed E-state index contributed by atoms with van der Waals surface area (Å²) in [6.07, 6.45) is 2.47. The van der Waals surface area contributed by atoms with Crippen molar-refractivity contribution in [1.82, 2.24) is 10.1 Å². The topological polar surface area (TPSA) is 76.2 Å². The number of aromatic nitrogens is 2. The van der Waals surface area contributed by atoms with E-state index in [0.717, 1.165) is 15.8 Å². The Hall–Kier alpha value is -2.21. The molecule has 0 aliphatic heterocycles. The van der Waals surface area contributed by atoms with E-state index in [-0.39, 0.29) is 5.69 Å². The minimum atomic E-state index is -1.09. The maximum absolute atomic E-state index is 10.8. The zero-order chi connectivity index (χ0) is 13.7. The maximum Gasteiger partial charge on any atom is 0.358 e. The van der Waals surface area contributed by atoms with Crippen LogP contribution in [0.1, 0.15) is 34.3 Å². The third-order valence-corrected chi connectivity index (χ3v) is 4.53. The molecule has 1 saturated carbocycles. The van der Waals surface area contributed by atoms with Crippen LogP contribution >= 0.6 is 11.3 Å². The molecule has 100 valence electrons. The molecule has 1 aliphatic rings. The van der Waals surface area contributed by atoms with Crippen molar-refractivity contribution in [1.29, 1.82) is 0 Å². The number of rotatable bonds is 3. The molecule has 0 unspecified atom stereocenters. The van der Waals surface area contributed by atoms with E-state index in [1.165, 1.54) is 23.9 Å². The molecular formula is C14H10N2O3S. The first-order chi connectivity index (χ1) is 9.70. The number of nitrogens with zero attached hydrogens (tertiary/aromatic N) is 2. The Morgan fingerprint density at radius 2 is 2.20 bits per heavy atom. The van der Waals surface area contributed by atoms with E-state index in [0.29, 0.717) is 11.7 Å². The van der Waals surface area contributed by atoms with Crippen LogP contribution in [0.2, 0.25) is 0 Å². The first kappa shape index (κ1) is 11.6. The van der Waals surface area contributed by atoms with E-state index in [4.69, 9.17) is 9.63 Å². The summed E-state index contributed by atoms with van der Waals surface area (Å²) in [4.78, 5) is 15.4. The Bertz CT molecular complexity index is 817. The average molecular weight is 286 g/mol. The van der Waals surface area contributed by atoms with Crippen molar-refractivity contribution in [3.8, 4) is 11.3 Å². The zero-order valence-electron chi connectivity index (χ0n) is 10.4. The molecule has 2 heterocycles. The van der Waals surface area contributed by atoms with Gasteiger partial charge in [0, 0.05) is 17.5 Å². The van der Waals surface area contributed by atoms with Crippen molar-refractivity contribution in [3.05, 3.63) is 35.0 Å². The number of thiazole rings is 1. The van der Waals surface area contributed by atoms with Crippen molar-refractivity contribution >= 4 is 27.5 Å². The van der Waals surface area contributed by atoms with Crippen LogP contribution in [0.25, 0.3) is 21.5 Å². The summed E-state index contributed by atoms with van der Waals surface area (Å²) in [6, 6.07) is 7.23. The van der Waals surface area contributed by atoms with E-state index >= 15 is 0 Å². The van der Waals surface area contributed by atoms with Gasteiger partial charge in [-0.1, -0.05) is 5.16 Å². The van der Waals surface area contributed by atoms with Gasteiger partial charge in [-0.05, 0) is 31.0 Å². The molecule has 0 saturated heterocycles. The van der Waals surface area contributed by atoms with Gasteiger partial charge in [0.1, 0.15) is 0 Å². The quantitative estimate of drug-likeness (QED) is 0.797. The summed E-state index contributed by atoms with van der Waals surface area (Å²) < 4.78 is 6.18. The lowest BCUT2D eigenvalue weighted by Crippen LogP contribution is -1.94. The van der Waals surface area contributed by atoms with E-state index in [1.807, 2.05) is 18.2 Å². The monoisotopic (exact) mass is 286 g/mol. The van der Waals surface area contributed by atoms with Crippen molar-refractivity contribution in [2.24, 2.45) is 0 Å². The Labute approximate surface area is 117 Å². The lowest BCUT2D eigenvalue weighted by Gasteiger charge is -1.94. The normalized spacial score (nSPS) is 14.8. The van der Waals surface area contributed by atoms with E-state index < -0.39 is 5.97 Å². The number of hydrogen-bond donors (Lipinski definition) is 1. The molecule has 0 radical (unpaired) electrons. The highest BCUT2D eigenvalue weighted by molar-refractivity contribution is 7.18. The number of aromatic carboxylic acids is 1. The Morgan fingerprint density at radius 1 is 1.35 bits per heavy atom. The second-order valence-electron chi connectivity index (χ2n) is 4.89. The van der Waals surface area contributed by atoms with Crippen molar-refractivity contribution in [2.45, 2.75) is 18.8 Å². The van der Waals surface area contributed by atoms with Crippen LogP contribution in [0.4, 0.5) is 0 Å². The number of hydrogen-bond acceptors (Lipinski definition) is 5. The molecule has 4 rings (SSSR count). The largest absolute Gasteiger partial charge is 0.476 e. The molecule has 1 aliphatic carbocycles. The van der Waals surface area contributed by atoms with E-state index in [2.05, 4.69) is 10.1 Å². The standard InChI is InChI=1S/C14H10N2O3S/c17-14(18)10-6-11(19-16-10)8-3-4-9-12(5-8)20-13(15-9)7-1-2-7/h3-7H,1-2H2,(H,17,18). The predicted molar refractivity (Wildman–Crippen MR) is 74.1 cm³/mol. The molecule has 6 heteroatoms. The van der Waals surface area contributed by atoms with Gasteiger partial charge in [-0.3, -0.25) is 0 Å². The zero-order valence-corrected chi connectivity index (χ0v) is 11.2. The van der Waals surface area contributed by atoms with Crippen molar-refractivity contribution in [3.63, 3.8) is 0 Å². The van der Waals surface area contributed by atoms with Crippen LogP contribution in [0.3, 0.4) is 0 Å². The van der Waals surface area contributed by atoms with Gasteiger partial charge >= 0.3 is 5.97 Å². The third-order valence-electron chi connectivity index (χ3n) is 3.35. The molecule has 5 nitrogen and oxygen atoms in total. The summed E-state index contributed by atoms with van der Waals surface area (Å²) >= 11 is 1.70. The number of carboxylic acid groups (broad SMARTS) is 1. The molecule has 3 aromatic rings. The first-order valence-corrected chi connectivity index (χ1v) is 7.13. The third kappa shape index (κ3) is 1.89. The fourth-order valence-electron chi connectivity index (χ4n) is 2.11. The summed E-state index contributed by atoms with van der Waals surface area (Å²) in [5.74, 6) is 0.0142. The SMILES string of the molecule is O=C(O)c1cc(-c2ccc3nc(C4CC4)sc3c2)on1. The molecule has 1 N–H and O–H groups in total. The highest BCUT2D eigenvalue weighted by Crippen LogP contribution is 2.43. The predicted octanol–water partition coefficient (Wildman–Crippen LogP) is 3.53. The molecular weight excluding hydrogens is 276 g/mol. The Balaban J connectivity index is 1.76. The molecule has 1 aromatic carbocycles. The molecule has 0 spiro atoms. The van der Waals surface area contributed by atoms with Crippen LogP contribution < -0.4 is 0 Å². The van der Waals surface area contributed by atoms with Crippen molar-refractivity contribution < 1.29 is 14.4 Å². The number of carboxylic acids is 1. The second-order valence-corrected chi connectivity index (χ2v) is 5.95. The molecule has 0 amide bonds. The smallest absolute Gasteiger partial charge is 0.358 e. The van der Waals surface area contributed by atoms with Crippen molar-refractivity contribution in [2.75, 3.05) is 0 Å². The molecule has 2 aromatic heterocycles. The van der Waals surface area contributed by atoms with Crippen LogP contribution in [0, 0.1) is 0 Å². The molecule has 0 atom stereocenters. The van der Waals surface area contributed by atoms with Gasteiger partial charge in [-0.2, -0.15) is 0 Å². The van der Waals surface area contributed by atoms with Gasteiger partial charge in [-0.15, -0.1) is 11.3 Å². The van der Waals surface area contributed by atoms with Gasteiger partial charge in [0.15, 0.2) is 11.5 Å². The minimum absolute atomic E-state index is 0.0805. The summed E-state index contributed by atoms with van der Waals surface area (Å²) in [5.41, 5.74) is 1.73. The van der Waals surface area contributed by atoms with Crippen LogP contribution in [-0.2, 0) is 0 Å². The van der Waals surface area contributed by atoms with Crippen LogP contribution in [0.5, 0.6) is 0 Å². The van der Waals surface area contributed by atoms with Gasteiger partial charge in [-0.25, -0.2) is 9.78 Å². The summed E-state index contributed by atoms with van der Waals surface area (Å²) in [5, 5.41) is 13.6. The highest BCUT2D eigenvalue weighted by Gasteiger charge is 2.27. The van der Waals surface area contributed by atoms with E-state index in [1.54, 1.807) is 11.3 Å². The van der Waals surface area contributed by atoms with Gasteiger partial charge in [0.2, 0.25) is 0 Å². The Morgan fingerprint density at radius 3 is 2.90 bits per heavy atom. The summed E-state index contributed by atoms with van der Waals surface area (Å²) in [6.45, 7) is 0. The van der Waals surface area contributed by atoms with E-state index in [9.17, 15) is 4.79 Å². The molecule has 1 fully saturated rings. The van der Waals surface area contributed by atoms with Gasteiger partial charge in [0.25, 0.3) is 0 Å².